The SMILES string of the molecule is Cc1sc2ncnc(SCC(=O)Nc3ccc4c(c3)NC(=O)[C@@H](C)O4)c2c1C. The first-order valence-corrected chi connectivity index (χ1v) is 10.5. The van der Waals surface area contributed by atoms with Crippen molar-refractivity contribution in [2.75, 3.05) is 16.4 Å². The molecule has 1 aliphatic rings. The van der Waals surface area contributed by atoms with E-state index in [4.69, 9.17) is 4.74 Å². The lowest BCUT2D eigenvalue weighted by molar-refractivity contribution is -0.122. The fraction of sp³-hybridized carbons (Fsp3) is 0.263. The van der Waals surface area contributed by atoms with Crippen molar-refractivity contribution in [3.05, 3.63) is 35.0 Å². The van der Waals surface area contributed by atoms with Gasteiger partial charge >= 0.3 is 0 Å². The highest BCUT2D eigenvalue weighted by atomic mass is 32.2. The number of nitrogens with zero attached hydrogens (tertiary/aromatic N) is 2. The van der Waals surface area contributed by atoms with Gasteiger partial charge in [-0.3, -0.25) is 9.59 Å². The van der Waals surface area contributed by atoms with Crippen molar-refractivity contribution >= 4 is 56.5 Å². The first-order valence-electron chi connectivity index (χ1n) is 8.67. The summed E-state index contributed by atoms with van der Waals surface area (Å²) in [4.78, 5) is 35.0. The second kappa shape index (κ2) is 7.40. The molecule has 0 saturated heterocycles. The minimum absolute atomic E-state index is 0.155. The summed E-state index contributed by atoms with van der Waals surface area (Å²) in [6.45, 7) is 5.79. The van der Waals surface area contributed by atoms with Gasteiger partial charge in [0.2, 0.25) is 5.91 Å². The largest absolute Gasteiger partial charge is 0.479 e. The number of ether oxygens (including phenoxy) is 1. The van der Waals surface area contributed by atoms with Crippen LogP contribution in [0.25, 0.3) is 10.2 Å². The molecule has 9 heteroatoms. The molecule has 28 heavy (non-hydrogen) atoms. The van der Waals surface area contributed by atoms with E-state index in [1.165, 1.54) is 23.0 Å². The van der Waals surface area contributed by atoms with Gasteiger partial charge < -0.3 is 15.4 Å². The third-order valence-electron chi connectivity index (χ3n) is 4.46. The van der Waals surface area contributed by atoms with Gasteiger partial charge in [0.25, 0.3) is 5.91 Å². The van der Waals surface area contributed by atoms with Crippen molar-refractivity contribution in [3.8, 4) is 5.75 Å². The van der Waals surface area contributed by atoms with E-state index in [2.05, 4.69) is 27.5 Å². The molecule has 0 bridgehead atoms. The maximum absolute atomic E-state index is 12.4. The van der Waals surface area contributed by atoms with Crippen LogP contribution < -0.4 is 15.4 Å². The van der Waals surface area contributed by atoms with E-state index in [-0.39, 0.29) is 17.6 Å². The predicted octanol–water partition coefficient (Wildman–Crippen LogP) is 3.76. The summed E-state index contributed by atoms with van der Waals surface area (Å²) in [7, 11) is 0. The number of aromatic nitrogens is 2. The van der Waals surface area contributed by atoms with Crippen LogP contribution in [-0.2, 0) is 9.59 Å². The lowest BCUT2D eigenvalue weighted by Gasteiger charge is -2.23. The van der Waals surface area contributed by atoms with Gasteiger partial charge in [0, 0.05) is 16.0 Å². The average molecular weight is 415 g/mol. The van der Waals surface area contributed by atoms with Crippen LogP contribution in [0.5, 0.6) is 5.75 Å². The lowest BCUT2D eigenvalue weighted by atomic mass is 10.2. The fourth-order valence-corrected chi connectivity index (χ4v) is 4.79. The number of carbonyl (C=O) groups is 2. The van der Waals surface area contributed by atoms with E-state index >= 15 is 0 Å². The average Bonchev–Trinajstić information content (AvgIpc) is 2.96. The van der Waals surface area contributed by atoms with Gasteiger partial charge in [-0.2, -0.15) is 0 Å². The standard InChI is InChI=1S/C19H18N4O3S2/c1-9-11(3)28-19-16(9)18(20-8-21-19)27-7-15(24)22-12-4-5-14-13(6-12)23-17(25)10(2)26-14/h4-6,8,10H,7H2,1-3H3,(H,22,24)(H,23,25)/t10-/m1/s1. The Morgan fingerprint density at radius 2 is 2.18 bits per heavy atom. The fourth-order valence-electron chi connectivity index (χ4n) is 2.88. The molecule has 1 aromatic carbocycles. The highest BCUT2D eigenvalue weighted by molar-refractivity contribution is 8.00. The molecule has 3 heterocycles. The Hall–Kier alpha value is -2.65. The van der Waals surface area contributed by atoms with Crippen molar-refractivity contribution in [1.29, 1.82) is 0 Å². The number of thiophene rings is 1. The third kappa shape index (κ3) is 3.55. The number of hydrogen-bond acceptors (Lipinski definition) is 7. The number of aryl methyl sites for hydroxylation is 2. The molecular formula is C19H18N4O3S2. The van der Waals surface area contributed by atoms with E-state index < -0.39 is 6.10 Å². The molecular weight excluding hydrogens is 396 g/mol. The summed E-state index contributed by atoms with van der Waals surface area (Å²) in [6, 6.07) is 5.18. The Labute approximate surface area is 169 Å². The van der Waals surface area contributed by atoms with Gasteiger partial charge in [0.1, 0.15) is 21.9 Å². The summed E-state index contributed by atoms with van der Waals surface area (Å²) in [6.07, 6.45) is 1.00. The van der Waals surface area contributed by atoms with Crippen LogP contribution in [0.1, 0.15) is 17.4 Å². The maximum Gasteiger partial charge on any atom is 0.265 e. The number of thioether (sulfide) groups is 1. The van der Waals surface area contributed by atoms with Gasteiger partial charge in [-0.25, -0.2) is 9.97 Å². The maximum atomic E-state index is 12.4. The van der Waals surface area contributed by atoms with Crippen molar-refractivity contribution in [2.24, 2.45) is 0 Å². The van der Waals surface area contributed by atoms with Crippen molar-refractivity contribution in [3.63, 3.8) is 0 Å². The smallest absolute Gasteiger partial charge is 0.265 e. The summed E-state index contributed by atoms with van der Waals surface area (Å²) in [5.41, 5.74) is 2.30. The third-order valence-corrected chi connectivity index (χ3v) is 6.57. The Morgan fingerprint density at radius 1 is 1.36 bits per heavy atom. The summed E-state index contributed by atoms with van der Waals surface area (Å²) in [5, 5.41) is 7.45. The highest BCUT2D eigenvalue weighted by Crippen LogP contribution is 2.35. The Morgan fingerprint density at radius 3 is 3.00 bits per heavy atom. The van der Waals surface area contributed by atoms with Crippen molar-refractivity contribution < 1.29 is 14.3 Å². The molecule has 2 aromatic heterocycles. The molecule has 144 valence electrons. The molecule has 0 aliphatic carbocycles. The number of rotatable bonds is 4. The number of anilines is 2. The summed E-state index contributed by atoms with van der Waals surface area (Å²) < 4.78 is 5.52. The molecule has 0 saturated carbocycles. The van der Waals surface area contributed by atoms with E-state index in [9.17, 15) is 9.59 Å². The van der Waals surface area contributed by atoms with Gasteiger partial charge in [-0.05, 0) is 44.5 Å². The zero-order chi connectivity index (χ0) is 19.8. The summed E-state index contributed by atoms with van der Waals surface area (Å²) >= 11 is 3.02. The van der Waals surface area contributed by atoms with Gasteiger partial charge in [-0.1, -0.05) is 11.8 Å². The van der Waals surface area contributed by atoms with Crippen molar-refractivity contribution in [1.82, 2.24) is 9.97 Å². The Balaban J connectivity index is 1.45. The molecule has 0 radical (unpaired) electrons. The first kappa shape index (κ1) is 18.7. The molecule has 0 fully saturated rings. The Kier molecular flexibility index (Phi) is 4.94. The minimum atomic E-state index is -0.529. The van der Waals surface area contributed by atoms with E-state index in [0.717, 1.165) is 20.8 Å². The molecule has 1 atom stereocenters. The number of hydrogen-bond donors (Lipinski definition) is 2. The van der Waals surface area contributed by atoms with Gasteiger partial charge in [-0.15, -0.1) is 11.3 Å². The van der Waals surface area contributed by atoms with E-state index in [0.29, 0.717) is 17.1 Å². The Bertz CT molecular complexity index is 1100. The molecule has 3 aromatic rings. The zero-order valence-electron chi connectivity index (χ0n) is 15.5. The van der Waals surface area contributed by atoms with Crippen LogP contribution in [0.3, 0.4) is 0 Å². The summed E-state index contributed by atoms with van der Waals surface area (Å²) in [5.74, 6) is 0.446. The number of fused-ring (bicyclic) bond motifs is 2. The molecule has 2 amide bonds. The lowest BCUT2D eigenvalue weighted by Crippen LogP contribution is -2.34. The molecule has 7 nitrogen and oxygen atoms in total. The number of benzene rings is 1. The van der Waals surface area contributed by atoms with Crippen LogP contribution in [0.4, 0.5) is 11.4 Å². The molecule has 1 aliphatic heterocycles. The number of nitrogens with one attached hydrogen (secondary N) is 2. The predicted molar refractivity (Wildman–Crippen MR) is 111 cm³/mol. The quantitative estimate of drug-likeness (QED) is 0.499. The van der Waals surface area contributed by atoms with Gasteiger partial charge in [0.15, 0.2) is 6.10 Å². The topological polar surface area (TPSA) is 93.2 Å². The van der Waals surface area contributed by atoms with Crippen LogP contribution in [0.2, 0.25) is 0 Å². The second-order valence-electron chi connectivity index (χ2n) is 6.44. The molecule has 0 spiro atoms. The van der Waals surface area contributed by atoms with Crippen LogP contribution >= 0.6 is 23.1 Å². The number of carbonyl (C=O) groups excluding carboxylic acids is 2. The number of amides is 2. The normalized spacial score (nSPS) is 15.7. The van der Waals surface area contributed by atoms with E-state index in [1.807, 2.05) is 6.92 Å². The molecule has 4 rings (SSSR count). The monoisotopic (exact) mass is 414 g/mol. The minimum Gasteiger partial charge on any atom is -0.479 e. The van der Waals surface area contributed by atoms with Crippen LogP contribution in [-0.4, -0.2) is 33.6 Å². The van der Waals surface area contributed by atoms with E-state index in [1.54, 1.807) is 36.5 Å². The molecule has 2 N–H and O–H groups in total. The van der Waals surface area contributed by atoms with Crippen LogP contribution in [0, 0.1) is 13.8 Å². The van der Waals surface area contributed by atoms with Gasteiger partial charge in [0.05, 0.1) is 11.4 Å². The molecule has 0 unspecified atom stereocenters. The highest BCUT2D eigenvalue weighted by Gasteiger charge is 2.23. The zero-order valence-corrected chi connectivity index (χ0v) is 17.2. The first-order chi connectivity index (χ1) is 13.4. The second-order valence-corrected chi connectivity index (χ2v) is 8.61. The van der Waals surface area contributed by atoms with Crippen LogP contribution in [0.15, 0.2) is 29.6 Å². The van der Waals surface area contributed by atoms with Crippen molar-refractivity contribution in [2.45, 2.75) is 31.9 Å².